The maximum atomic E-state index is 13.1. The highest BCUT2D eigenvalue weighted by atomic mass is 28.4. The molecule has 3 heteroatoms. The molecule has 0 amide bonds. The SMILES string of the molecule is CC(O[Si](c1ccccc1)(c1ccccc1)C(C)(C)C)C(=O)c1ccccc1. The zero-order chi connectivity index (χ0) is 20.2. The van der Waals surface area contributed by atoms with E-state index >= 15 is 0 Å². The van der Waals surface area contributed by atoms with Crippen LogP contribution in [0.5, 0.6) is 0 Å². The molecule has 0 heterocycles. The average Bonchev–Trinajstić information content (AvgIpc) is 2.72. The van der Waals surface area contributed by atoms with Crippen LogP contribution in [-0.2, 0) is 4.43 Å². The van der Waals surface area contributed by atoms with Crippen molar-refractivity contribution in [1.82, 2.24) is 0 Å². The molecule has 3 rings (SSSR count). The van der Waals surface area contributed by atoms with E-state index in [0.29, 0.717) is 5.56 Å². The van der Waals surface area contributed by atoms with E-state index in [2.05, 4.69) is 69.3 Å². The molecule has 0 aliphatic heterocycles. The predicted molar refractivity (Wildman–Crippen MR) is 119 cm³/mol. The number of rotatable bonds is 6. The summed E-state index contributed by atoms with van der Waals surface area (Å²) in [5.74, 6) is 0.0218. The maximum absolute atomic E-state index is 13.1. The van der Waals surface area contributed by atoms with Crippen LogP contribution in [0.1, 0.15) is 38.1 Å². The minimum Gasteiger partial charge on any atom is -0.397 e. The van der Waals surface area contributed by atoms with Crippen LogP contribution in [0.4, 0.5) is 0 Å². The Bertz CT molecular complexity index is 860. The van der Waals surface area contributed by atoms with Gasteiger partial charge in [0.1, 0.15) is 6.10 Å². The summed E-state index contributed by atoms with van der Waals surface area (Å²) in [6.07, 6.45) is -0.534. The molecule has 1 unspecified atom stereocenters. The Morgan fingerprint density at radius 3 is 1.54 bits per heavy atom. The molecular weight excluding hydrogens is 360 g/mol. The van der Waals surface area contributed by atoms with E-state index in [-0.39, 0.29) is 10.8 Å². The summed E-state index contributed by atoms with van der Waals surface area (Å²) in [6.45, 7) is 8.55. The van der Waals surface area contributed by atoms with Crippen molar-refractivity contribution in [3.8, 4) is 0 Å². The third-order valence-electron chi connectivity index (χ3n) is 5.20. The smallest absolute Gasteiger partial charge is 0.262 e. The van der Waals surface area contributed by atoms with Crippen molar-refractivity contribution in [3.63, 3.8) is 0 Å². The Balaban J connectivity index is 2.12. The molecule has 0 saturated carbocycles. The van der Waals surface area contributed by atoms with Crippen LogP contribution in [0.3, 0.4) is 0 Å². The van der Waals surface area contributed by atoms with E-state index in [1.807, 2.05) is 49.4 Å². The van der Waals surface area contributed by atoms with Gasteiger partial charge in [-0.25, -0.2) is 0 Å². The van der Waals surface area contributed by atoms with Crippen molar-refractivity contribution in [1.29, 1.82) is 0 Å². The van der Waals surface area contributed by atoms with Gasteiger partial charge in [-0.05, 0) is 22.3 Å². The molecule has 144 valence electrons. The number of carbonyl (C=O) groups excluding carboxylic acids is 1. The van der Waals surface area contributed by atoms with E-state index in [9.17, 15) is 4.79 Å². The van der Waals surface area contributed by atoms with Crippen LogP contribution in [0.25, 0.3) is 0 Å². The second-order valence-corrected chi connectivity index (χ2v) is 12.4. The highest BCUT2D eigenvalue weighted by molar-refractivity contribution is 6.99. The van der Waals surface area contributed by atoms with Crippen LogP contribution >= 0.6 is 0 Å². The summed E-state index contributed by atoms with van der Waals surface area (Å²) in [6, 6.07) is 30.2. The summed E-state index contributed by atoms with van der Waals surface area (Å²) in [4.78, 5) is 13.1. The Labute approximate surface area is 169 Å². The van der Waals surface area contributed by atoms with Crippen LogP contribution in [0.15, 0.2) is 91.0 Å². The average molecular weight is 389 g/mol. The predicted octanol–water partition coefficient (Wildman–Crippen LogP) is 4.83. The maximum Gasteiger partial charge on any atom is 0.262 e. The quantitative estimate of drug-likeness (QED) is 0.446. The first-order valence-corrected chi connectivity index (χ1v) is 11.7. The summed E-state index contributed by atoms with van der Waals surface area (Å²) >= 11 is 0. The Morgan fingerprint density at radius 2 is 1.14 bits per heavy atom. The van der Waals surface area contributed by atoms with Crippen molar-refractivity contribution < 1.29 is 9.22 Å². The second kappa shape index (κ2) is 8.25. The van der Waals surface area contributed by atoms with Crippen LogP contribution in [0, 0.1) is 0 Å². The standard InChI is InChI=1S/C25H28O2Si/c1-20(24(26)21-14-8-5-9-15-21)27-28(25(2,3)4,22-16-10-6-11-17-22)23-18-12-7-13-19-23/h5-20H,1-4H3. The molecule has 0 saturated heterocycles. The fourth-order valence-corrected chi connectivity index (χ4v) is 8.50. The van der Waals surface area contributed by atoms with Gasteiger partial charge >= 0.3 is 0 Å². The minimum atomic E-state index is -2.73. The Kier molecular flexibility index (Phi) is 5.97. The van der Waals surface area contributed by atoms with Crippen molar-refractivity contribution in [2.24, 2.45) is 0 Å². The lowest BCUT2D eigenvalue weighted by Crippen LogP contribution is -2.68. The number of hydrogen-bond acceptors (Lipinski definition) is 2. The third kappa shape index (κ3) is 3.86. The van der Waals surface area contributed by atoms with Crippen LogP contribution < -0.4 is 10.4 Å². The molecule has 0 aliphatic rings. The first kappa shape index (κ1) is 20.2. The number of Topliss-reactive ketones (excluding diaryl/α,β-unsaturated/α-hetero) is 1. The van der Waals surface area contributed by atoms with E-state index in [1.165, 1.54) is 10.4 Å². The van der Waals surface area contributed by atoms with Gasteiger partial charge in [-0.1, -0.05) is 112 Å². The molecule has 1 atom stereocenters. The normalized spacial score (nSPS) is 13.1. The van der Waals surface area contributed by atoms with Crippen LogP contribution in [0.2, 0.25) is 5.04 Å². The molecule has 0 fully saturated rings. The lowest BCUT2D eigenvalue weighted by molar-refractivity contribution is 0.0803. The van der Waals surface area contributed by atoms with Gasteiger partial charge in [0.2, 0.25) is 0 Å². The summed E-state index contributed by atoms with van der Waals surface area (Å²) in [5.41, 5.74) is 0.688. The highest BCUT2D eigenvalue weighted by Gasteiger charge is 2.51. The number of ketones is 1. The molecule has 0 bridgehead atoms. The van der Waals surface area contributed by atoms with Gasteiger partial charge < -0.3 is 4.43 Å². The van der Waals surface area contributed by atoms with Crippen molar-refractivity contribution in [3.05, 3.63) is 96.6 Å². The largest absolute Gasteiger partial charge is 0.397 e. The third-order valence-corrected chi connectivity index (χ3v) is 10.3. The summed E-state index contributed by atoms with van der Waals surface area (Å²) in [5, 5.41) is 2.21. The van der Waals surface area contributed by atoms with Gasteiger partial charge in [-0.15, -0.1) is 0 Å². The topological polar surface area (TPSA) is 26.3 Å². The van der Waals surface area contributed by atoms with Gasteiger partial charge in [0, 0.05) is 5.56 Å². The minimum absolute atomic E-state index is 0.0218. The fraction of sp³-hybridized carbons (Fsp3) is 0.240. The van der Waals surface area contributed by atoms with Gasteiger partial charge in [0.15, 0.2) is 5.78 Å². The molecule has 0 aliphatic carbocycles. The van der Waals surface area contributed by atoms with Crippen LogP contribution in [-0.4, -0.2) is 20.2 Å². The van der Waals surface area contributed by atoms with E-state index in [1.54, 1.807) is 0 Å². The summed E-state index contributed by atoms with van der Waals surface area (Å²) in [7, 11) is -2.73. The summed E-state index contributed by atoms with van der Waals surface area (Å²) < 4.78 is 6.88. The number of hydrogen-bond donors (Lipinski definition) is 0. The molecule has 2 nitrogen and oxygen atoms in total. The zero-order valence-corrected chi connectivity index (χ0v) is 18.1. The molecular formula is C25H28O2Si. The van der Waals surface area contributed by atoms with Gasteiger partial charge in [0.25, 0.3) is 8.32 Å². The Hall–Kier alpha value is -2.49. The first-order valence-electron chi connectivity index (χ1n) is 9.74. The molecule has 28 heavy (non-hydrogen) atoms. The molecule has 0 aromatic heterocycles. The fourth-order valence-electron chi connectivity index (χ4n) is 3.85. The van der Waals surface area contributed by atoms with Gasteiger partial charge in [0.05, 0.1) is 0 Å². The van der Waals surface area contributed by atoms with Crippen molar-refractivity contribution >= 4 is 24.5 Å². The van der Waals surface area contributed by atoms with Crippen molar-refractivity contribution in [2.75, 3.05) is 0 Å². The highest BCUT2D eigenvalue weighted by Crippen LogP contribution is 2.37. The van der Waals surface area contributed by atoms with E-state index in [0.717, 1.165) is 0 Å². The molecule has 3 aromatic carbocycles. The van der Waals surface area contributed by atoms with Crippen molar-refractivity contribution in [2.45, 2.75) is 38.8 Å². The lowest BCUT2D eigenvalue weighted by Gasteiger charge is -2.44. The van der Waals surface area contributed by atoms with Gasteiger partial charge in [-0.2, -0.15) is 0 Å². The zero-order valence-electron chi connectivity index (χ0n) is 17.1. The Morgan fingerprint density at radius 1 is 0.750 bits per heavy atom. The molecule has 0 N–H and O–H groups in total. The monoisotopic (exact) mass is 388 g/mol. The van der Waals surface area contributed by atoms with E-state index < -0.39 is 14.4 Å². The molecule has 0 spiro atoms. The number of benzene rings is 3. The van der Waals surface area contributed by atoms with Gasteiger partial charge in [-0.3, -0.25) is 4.79 Å². The second-order valence-electron chi connectivity index (χ2n) is 8.15. The lowest BCUT2D eigenvalue weighted by atomic mass is 10.1. The molecule has 0 radical (unpaired) electrons. The molecule has 3 aromatic rings. The first-order chi connectivity index (χ1) is 13.4. The number of carbonyl (C=O) groups is 1. The van der Waals surface area contributed by atoms with E-state index in [4.69, 9.17) is 4.43 Å².